The lowest BCUT2D eigenvalue weighted by molar-refractivity contribution is -0.114. The van der Waals surface area contributed by atoms with Crippen LogP contribution in [-0.2, 0) is 14.8 Å². The van der Waals surface area contributed by atoms with Crippen molar-refractivity contribution in [3.05, 3.63) is 24.3 Å². The fraction of sp³-hybridized carbons (Fsp3) is 0.611. The first kappa shape index (κ1) is 19.9. The maximum Gasteiger partial charge on any atom is 0.240 e. The van der Waals surface area contributed by atoms with Crippen LogP contribution in [0.5, 0.6) is 0 Å². The summed E-state index contributed by atoms with van der Waals surface area (Å²) in [5.41, 5.74) is 0.585. The lowest BCUT2D eigenvalue weighted by Gasteiger charge is -2.35. The molecule has 0 bridgehead atoms. The molecule has 0 radical (unpaired) electrons. The number of carbonyl (C=O) groups excluding carboxylic acids is 1. The monoisotopic (exact) mass is 367 g/mol. The molecule has 2 rings (SSSR count). The van der Waals surface area contributed by atoms with E-state index in [9.17, 15) is 13.2 Å². The van der Waals surface area contributed by atoms with Crippen molar-refractivity contribution in [1.82, 2.24) is 9.62 Å². The number of nitrogens with one attached hydrogen (secondary N) is 2. The summed E-state index contributed by atoms with van der Waals surface area (Å²) in [5.74, 6) is -0.183. The van der Waals surface area contributed by atoms with E-state index in [1.54, 1.807) is 12.1 Å². The van der Waals surface area contributed by atoms with E-state index < -0.39 is 10.0 Å². The van der Waals surface area contributed by atoms with Crippen LogP contribution in [0.1, 0.15) is 46.0 Å². The van der Waals surface area contributed by atoms with Gasteiger partial charge in [-0.1, -0.05) is 13.3 Å². The second-order valence-corrected chi connectivity index (χ2v) is 8.32. The number of rotatable bonds is 8. The zero-order valence-corrected chi connectivity index (χ0v) is 15.9. The number of hydrogen-bond donors (Lipinski definition) is 2. The zero-order chi connectivity index (χ0) is 18.3. The van der Waals surface area contributed by atoms with Gasteiger partial charge in [0, 0.05) is 25.2 Å². The minimum absolute atomic E-state index is 0.183. The lowest BCUT2D eigenvalue weighted by Crippen LogP contribution is -2.40. The largest absolute Gasteiger partial charge is 0.326 e. The number of nitrogens with zero attached hydrogens (tertiary/aromatic N) is 1. The summed E-state index contributed by atoms with van der Waals surface area (Å²) in [6, 6.07) is 6.84. The number of likely N-dealkylation sites (tertiary alicyclic amines) is 1. The van der Waals surface area contributed by atoms with Gasteiger partial charge in [-0.05, 0) is 63.0 Å². The number of benzene rings is 1. The van der Waals surface area contributed by atoms with E-state index in [1.807, 2.05) is 0 Å². The Morgan fingerprint density at radius 3 is 2.60 bits per heavy atom. The molecular formula is C18H29N3O3S. The van der Waals surface area contributed by atoms with Crippen molar-refractivity contribution in [2.75, 3.05) is 25.0 Å². The number of anilines is 1. The highest BCUT2D eigenvalue weighted by Gasteiger charge is 2.20. The van der Waals surface area contributed by atoms with E-state index in [1.165, 1.54) is 38.3 Å². The molecule has 140 valence electrons. The first-order valence-corrected chi connectivity index (χ1v) is 10.5. The van der Waals surface area contributed by atoms with Crippen LogP contribution < -0.4 is 10.0 Å². The van der Waals surface area contributed by atoms with Crippen molar-refractivity contribution in [2.45, 2.75) is 56.9 Å². The minimum atomic E-state index is -3.51. The topological polar surface area (TPSA) is 78.5 Å². The van der Waals surface area contributed by atoms with Gasteiger partial charge in [-0.3, -0.25) is 4.79 Å². The SMILES string of the molecule is CCC1CCCCN1CCCNS(=O)(=O)c1ccc(NC(C)=O)cc1. The molecule has 2 N–H and O–H groups in total. The van der Waals surface area contributed by atoms with Gasteiger partial charge in [-0.15, -0.1) is 0 Å². The van der Waals surface area contributed by atoms with Gasteiger partial charge in [0.15, 0.2) is 0 Å². The Balaban J connectivity index is 1.81. The number of hydrogen-bond acceptors (Lipinski definition) is 4. The maximum atomic E-state index is 12.3. The Morgan fingerprint density at radius 1 is 1.24 bits per heavy atom. The minimum Gasteiger partial charge on any atom is -0.326 e. The molecule has 6 nitrogen and oxygen atoms in total. The maximum absolute atomic E-state index is 12.3. The van der Waals surface area contributed by atoms with E-state index in [2.05, 4.69) is 21.9 Å². The molecular weight excluding hydrogens is 338 g/mol. The van der Waals surface area contributed by atoms with Gasteiger partial charge in [0.05, 0.1) is 4.90 Å². The van der Waals surface area contributed by atoms with Crippen LogP contribution in [0.2, 0.25) is 0 Å². The van der Waals surface area contributed by atoms with Crippen LogP contribution in [0.25, 0.3) is 0 Å². The average molecular weight is 368 g/mol. The molecule has 0 spiro atoms. The summed E-state index contributed by atoms with van der Waals surface area (Å²) in [6.07, 6.45) is 5.76. The summed E-state index contributed by atoms with van der Waals surface area (Å²) in [4.78, 5) is 13.7. The van der Waals surface area contributed by atoms with Crippen LogP contribution in [0.3, 0.4) is 0 Å². The lowest BCUT2D eigenvalue weighted by atomic mass is 10.00. The molecule has 1 atom stereocenters. The van der Waals surface area contributed by atoms with E-state index in [-0.39, 0.29) is 10.8 Å². The van der Waals surface area contributed by atoms with Crippen LogP contribution >= 0.6 is 0 Å². The van der Waals surface area contributed by atoms with Crippen molar-refractivity contribution in [1.29, 1.82) is 0 Å². The van der Waals surface area contributed by atoms with E-state index in [0.717, 1.165) is 25.9 Å². The fourth-order valence-corrected chi connectivity index (χ4v) is 4.38. The van der Waals surface area contributed by atoms with E-state index in [0.29, 0.717) is 18.3 Å². The fourth-order valence-electron chi connectivity index (χ4n) is 3.31. The average Bonchev–Trinajstić information content (AvgIpc) is 2.59. The molecule has 1 heterocycles. The Bertz CT molecular complexity index is 659. The molecule has 0 saturated carbocycles. The number of amides is 1. The van der Waals surface area contributed by atoms with Gasteiger partial charge < -0.3 is 10.2 Å². The summed E-state index contributed by atoms with van der Waals surface area (Å²) in [5, 5.41) is 2.62. The molecule has 7 heteroatoms. The first-order chi connectivity index (χ1) is 11.9. The van der Waals surface area contributed by atoms with E-state index >= 15 is 0 Å². The number of carbonyl (C=O) groups is 1. The standard InChI is InChI=1S/C18H29N3O3S/c1-3-17-7-4-5-13-21(17)14-6-12-19-25(23,24)18-10-8-16(9-11-18)20-15(2)22/h8-11,17,19H,3-7,12-14H2,1-2H3,(H,20,22). The smallest absolute Gasteiger partial charge is 0.240 e. The normalized spacial score (nSPS) is 18.9. The molecule has 1 aromatic rings. The van der Waals surface area contributed by atoms with Crippen molar-refractivity contribution in [3.63, 3.8) is 0 Å². The van der Waals surface area contributed by atoms with Crippen molar-refractivity contribution in [3.8, 4) is 0 Å². The van der Waals surface area contributed by atoms with Crippen molar-refractivity contribution >= 4 is 21.6 Å². The molecule has 0 aromatic heterocycles. The summed E-state index contributed by atoms with van der Waals surface area (Å²) >= 11 is 0. The predicted octanol–water partition coefficient (Wildman–Crippen LogP) is 2.58. The molecule has 25 heavy (non-hydrogen) atoms. The summed E-state index contributed by atoms with van der Waals surface area (Å²) < 4.78 is 27.3. The van der Waals surface area contributed by atoms with Crippen LogP contribution in [0.15, 0.2) is 29.2 Å². The first-order valence-electron chi connectivity index (χ1n) is 9.03. The van der Waals surface area contributed by atoms with Gasteiger partial charge in [0.2, 0.25) is 15.9 Å². The van der Waals surface area contributed by atoms with Gasteiger partial charge in [0.25, 0.3) is 0 Å². The Hall–Kier alpha value is -1.44. The van der Waals surface area contributed by atoms with Gasteiger partial charge in [-0.25, -0.2) is 13.1 Å². The quantitative estimate of drug-likeness (QED) is 0.692. The molecule has 1 aliphatic heterocycles. The van der Waals surface area contributed by atoms with Gasteiger partial charge in [-0.2, -0.15) is 0 Å². The van der Waals surface area contributed by atoms with Gasteiger partial charge >= 0.3 is 0 Å². The molecule has 1 unspecified atom stereocenters. The summed E-state index contributed by atoms with van der Waals surface area (Å²) in [6.45, 7) is 6.12. The highest BCUT2D eigenvalue weighted by molar-refractivity contribution is 7.89. The van der Waals surface area contributed by atoms with Crippen LogP contribution in [-0.4, -0.2) is 44.9 Å². The Kier molecular flexibility index (Phi) is 7.40. The third-order valence-corrected chi connectivity index (χ3v) is 6.10. The van der Waals surface area contributed by atoms with Gasteiger partial charge in [0.1, 0.15) is 0 Å². The Labute approximate surface area is 151 Å². The predicted molar refractivity (Wildman–Crippen MR) is 100 cm³/mol. The zero-order valence-electron chi connectivity index (χ0n) is 15.1. The Morgan fingerprint density at radius 2 is 1.96 bits per heavy atom. The second-order valence-electron chi connectivity index (χ2n) is 6.55. The molecule has 0 aliphatic carbocycles. The molecule has 1 aromatic carbocycles. The third kappa shape index (κ3) is 6.09. The van der Waals surface area contributed by atoms with Crippen molar-refractivity contribution in [2.24, 2.45) is 0 Å². The third-order valence-electron chi connectivity index (χ3n) is 4.62. The van der Waals surface area contributed by atoms with Crippen molar-refractivity contribution < 1.29 is 13.2 Å². The van der Waals surface area contributed by atoms with Crippen LogP contribution in [0.4, 0.5) is 5.69 Å². The highest BCUT2D eigenvalue weighted by Crippen LogP contribution is 2.19. The molecule has 1 aliphatic rings. The highest BCUT2D eigenvalue weighted by atomic mass is 32.2. The van der Waals surface area contributed by atoms with Crippen LogP contribution in [0, 0.1) is 0 Å². The summed E-state index contributed by atoms with van der Waals surface area (Å²) in [7, 11) is -3.51. The number of sulfonamides is 1. The number of piperidine rings is 1. The molecule has 1 saturated heterocycles. The van der Waals surface area contributed by atoms with E-state index in [4.69, 9.17) is 0 Å². The molecule has 1 amide bonds. The molecule has 1 fully saturated rings. The second kappa shape index (κ2) is 9.31.